The van der Waals surface area contributed by atoms with Crippen molar-refractivity contribution in [2.45, 2.75) is 50.0 Å². The summed E-state index contributed by atoms with van der Waals surface area (Å²) < 4.78 is 10.6. The van der Waals surface area contributed by atoms with Crippen LogP contribution in [0.5, 0.6) is 0 Å². The third-order valence-electron chi connectivity index (χ3n) is 3.99. The molecular formula is C16H26N2O5. The van der Waals surface area contributed by atoms with Crippen LogP contribution in [-0.4, -0.2) is 65.7 Å². The SMILES string of the molecule is COC1OC(CO)C(O)C(O)C1NNC(C)Cc1ccccc1. The van der Waals surface area contributed by atoms with E-state index in [1.165, 1.54) is 12.7 Å². The fourth-order valence-corrected chi connectivity index (χ4v) is 2.69. The lowest BCUT2D eigenvalue weighted by Gasteiger charge is -2.42. The van der Waals surface area contributed by atoms with E-state index in [0.29, 0.717) is 0 Å². The lowest BCUT2D eigenvalue weighted by Crippen LogP contribution is -2.66. The molecule has 0 saturated carbocycles. The Morgan fingerprint density at radius 1 is 1.22 bits per heavy atom. The topological polar surface area (TPSA) is 103 Å². The average molecular weight is 326 g/mol. The van der Waals surface area contributed by atoms with Crippen LogP contribution in [0.1, 0.15) is 12.5 Å². The normalized spacial score (nSPS) is 32.7. The number of hydrazine groups is 1. The van der Waals surface area contributed by atoms with Crippen molar-refractivity contribution < 1.29 is 24.8 Å². The van der Waals surface area contributed by atoms with Crippen molar-refractivity contribution in [2.24, 2.45) is 0 Å². The second kappa shape index (κ2) is 8.70. The Labute approximate surface area is 136 Å². The fourth-order valence-electron chi connectivity index (χ4n) is 2.69. The molecule has 2 rings (SSSR count). The van der Waals surface area contributed by atoms with E-state index in [1.54, 1.807) is 0 Å². The van der Waals surface area contributed by atoms with Crippen LogP contribution in [0, 0.1) is 0 Å². The molecule has 7 heteroatoms. The summed E-state index contributed by atoms with van der Waals surface area (Å²) in [6.07, 6.45) is -3.15. The molecule has 7 nitrogen and oxygen atoms in total. The standard InChI is InChI=1S/C16H26N2O5/c1-10(8-11-6-4-3-5-7-11)17-18-13-15(21)14(20)12(9-19)23-16(13)22-2/h3-7,10,12-21H,8-9H2,1-2H3. The first-order valence-corrected chi connectivity index (χ1v) is 7.77. The second-order valence-electron chi connectivity index (χ2n) is 5.85. The van der Waals surface area contributed by atoms with Gasteiger partial charge in [-0.3, -0.25) is 5.43 Å². The number of nitrogens with one attached hydrogen (secondary N) is 2. The van der Waals surface area contributed by atoms with Gasteiger partial charge in [0.2, 0.25) is 0 Å². The first-order chi connectivity index (χ1) is 11.1. The van der Waals surface area contributed by atoms with Gasteiger partial charge >= 0.3 is 0 Å². The molecule has 5 N–H and O–H groups in total. The van der Waals surface area contributed by atoms with E-state index in [-0.39, 0.29) is 12.6 Å². The first-order valence-electron chi connectivity index (χ1n) is 7.77. The van der Waals surface area contributed by atoms with E-state index < -0.39 is 30.6 Å². The second-order valence-corrected chi connectivity index (χ2v) is 5.85. The summed E-state index contributed by atoms with van der Waals surface area (Å²) in [5.41, 5.74) is 7.27. The molecule has 6 unspecified atom stereocenters. The van der Waals surface area contributed by atoms with Gasteiger partial charge in [0.15, 0.2) is 6.29 Å². The summed E-state index contributed by atoms with van der Waals surface area (Å²) in [5.74, 6) is 0. The van der Waals surface area contributed by atoms with Gasteiger partial charge in [-0.2, -0.15) is 0 Å². The number of hydrogen-bond donors (Lipinski definition) is 5. The van der Waals surface area contributed by atoms with Gasteiger partial charge < -0.3 is 24.8 Å². The summed E-state index contributed by atoms with van der Waals surface area (Å²) in [7, 11) is 1.45. The highest BCUT2D eigenvalue weighted by atomic mass is 16.7. The van der Waals surface area contributed by atoms with E-state index >= 15 is 0 Å². The van der Waals surface area contributed by atoms with Gasteiger partial charge in [-0.1, -0.05) is 30.3 Å². The summed E-state index contributed by atoms with van der Waals surface area (Å²) >= 11 is 0. The van der Waals surface area contributed by atoms with Gasteiger partial charge in [-0.25, -0.2) is 5.43 Å². The fraction of sp³-hybridized carbons (Fsp3) is 0.625. The largest absolute Gasteiger partial charge is 0.394 e. The van der Waals surface area contributed by atoms with Crippen LogP contribution < -0.4 is 10.9 Å². The van der Waals surface area contributed by atoms with Crippen molar-refractivity contribution in [3.8, 4) is 0 Å². The number of aliphatic hydroxyl groups is 3. The Balaban J connectivity index is 1.90. The number of ether oxygens (including phenoxy) is 2. The van der Waals surface area contributed by atoms with E-state index in [4.69, 9.17) is 9.47 Å². The zero-order valence-electron chi connectivity index (χ0n) is 13.4. The first kappa shape index (κ1) is 18.3. The average Bonchev–Trinajstić information content (AvgIpc) is 2.57. The van der Waals surface area contributed by atoms with E-state index in [1.807, 2.05) is 37.3 Å². The van der Waals surface area contributed by atoms with Crippen molar-refractivity contribution in [3.63, 3.8) is 0 Å². The van der Waals surface area contributed by atoms with Crippen molar-refractivity contribution >= 4 is 0 Å². The van der Waals surface area contributed by atoms with E-state index in [9.17, 15) is 15.3 Å². The molecule has 0 aromatic heterocycles. The van der Waals surface area contributed by atoms with Crippen LogP contribution in [0.25, 0.3) is 0 Å². The Morgan fingerprint density at radius 2 is 1.91 bits per heavy atom. The van der Waals surface area contributed by atoms with Gasteiger partial charge in [-0.05, 0) is 18.9 Å². The maximum Gasteiger partial charge on any atom is 0.176 e. The van der Waals surface area contributed by atoms with Gasteiger partial charge in [-0.15, -0.1) is 0 Å². The molecule has 1 aliphatic rings. The highest BCUT2D eigenvalue weighted by Gasteiger charge is 2.44. The zero-order chi connectivity index (χ0) is 16.8. The maximum atomic E-state index is 10.2. The molecule has 0 radical (unpaired) electrons. The smallest absolute Gasteiger partial charge is 0.176 e. The van der Waals surface area contributed by atoms with Gasteiger partial charge in [0.05, 0.1) is 6.61 Å². The third-order valence-corrected chi connectivity index (χ3v) is 3.99. The number of rotatable bonds is 7. The van der Waals surface area contributed by atoms with Crippen LogP contribution in [0.4, 0.5) is 0 Å². The lowest BCUT2D eigenvalue weighted by molar-refractivity contribution is -0.265. The van der Waals surface area contributed by atoms with Crippen LogP contribution in [0.15, 0.2) is 30.3 Å². The predicted octanol–water partition coefficient (Wildman–Crippen LogP) is -0.834. The molecule has 0 amide bonds. The van der Waals surface area contributed by atoms with Gasteiger partial charge in [0.1, 0.15) is 24.4 Å². The number of methoxy groups -OCH3 is 1. The van der Waals surface area contributed by atoms with E-state index in [2.05, 4.69) is 10.9 Å². The molecular weight excluding hydrogens is 300 g/mol. The number of benzene rings is 1. The van der Waals surface area contributed by atoms with Crippen molar-refractivity contribution in [1.82, 2.24) is 10.9 Å². The van der Waals surface area contributed by atoms with Crippen LogP contribution in [-0.2, 0) is 15.9 Å². The third kappa shape index (κ3) is 4.71. The monoisotopic (exact) mass is 326 g/mol. The molecule has 1 heterocycles. The molecule has 1 fully saturated rings. The minimum atomic E-state index is -1.19. The molecule has 6 atom stereocenters. The summed E-state index contributed by atoms with van der Waals surface area (Å²) in [4.78, 5) is 0. The van der Waals surface area contributed by atoms with Crippen molar-refractivity contribution in [3.05, 3.63) is 35.9 Å². The number of hydrogen-bond acceptors (Lipinski definition) is 7. The van der Waals surface area contributed by atoms with Crippen LogP contribution in [0.3, 0.4) is 0 Å². The lowest BCUT2D eigenvalue weighted by atomic mass is 9.97. The molecule has 1 aromatic carbocycles. The Hall–Kier alpha value is -1.06. The molecule has 1 aromatic rings. The predicted molar refractivity (Wildman–Crippen MR) is 84.4 cm³/mol. The molecule has 130 valence electrons. The summed E-state index contributed by atoms with van der Waals surface area (Å²) in [6.45, 7) is 1.62. The quantitative estimate of drug-likeness (QED) is 0.417. The number of aliphatic hydroxyl groups excluding tert-OH is 3. The summed E-state index contributed by atoms with van der Waals surface area (Å²) in [6, 6.07) is 9.47. The Kier molecular flexibility index (Phi) is 6.91. The van der Waals surface area contributed by atoms with Crippen molar-refractivity contribution in [1.29, 1.82) is 0 Å². The van der Waals surface area contributed by atoms with Crippen LogP contribution in [0.2, 0.25) is 0 Å². The maximum absolute atomic E-state index is 10.2. The minimum absolute atomic E-state index is 0.0924. The van der Waals surface area contributed by atoms with Crippen LogP contribution >= 0.6 is 0 Å². The van der Waals surface area contributed by atoms with Gasteiger partial charge in [0.25, 0.3) is 0 Å². The molecule has 0 bridgehead atoms. The van der Waals surface area contributed by atoms with Gasteiger partial charge in [0, 0.05) is 13.2 Å². The Bertz CT molecular complexity index is 459. The molecule has 0 aliphatic carbocycles. The zero-order valence-corrected chi connectivity index (χ0v) is 13.4. The molecule has 1 saturated heterocycles. The molecule has 1 aliphatic heterocycles. The Morgan fingerprint density at radius 3 is 2.52 bits per heavy atom. The van der Waals surface area contributed by atoms with Crippen molar-refractivity contribution in [2.75, 3.05) is 13.7 Å². The molecule has 0 spiro atoms. The molecule has 23 heavy (non-hydrogen) atoms. The highest BCUT2D eigenvalue weighted by Crippen LogP contribution is 2.21. The van der Waals surface area contributed by atoms with E-state index in [0.717, 1.165) is 6.42 Å². The summed E-state index contributed by atoms with van der Waals surface area (Å²) in [5, 5.41) is 29.4. The minimum Gasteiger partial charge on any atom is -0.394 e. The highest BCUT2D eigenvalue weighted by molar-refractivity contribution is 5.15.